The van der Waals surface area contributed by atoms with E-state index >= 15 is 0 Å². The zero-order valence-corrected chi connectivity index (χ0v) is 13.5. The molecule has 0 saturated carbocycles. The van der Waals surface area contributed by atoms with E-state index in [-0.39, 0.29) is 12.5 Å². The summed E-state index contributed by atoms with van der Waals surface area (Å²) in [6.45, 7) is 2.36. The highest BCUT2D eigenvalue weighted by molar-refractivity contribution is 5.80. The number of hydrogen-bond acceptors (Lipinski definition) is 4. The summed E-state index contributed by atoms with van der Waals surface area (Å²) in [4.78, 5) is 17.9. The number of aromatic nitrogens is 1. The summed E-state index contributed by atoms with van der Waals surface area (Å²) in [5.41, 5.74) is 1.88. The highest BCUT2D eigenvalue weighted by Gasteiger charge is 2.20. The van der Waals surface area contributed by atoms with Gasteiger partial charge in [0.05, 0.1) is 0 Å². The van der Waals surface area contributed by atoms with Gasteiger partial charge in [-0.2, -0.15) is 0 Å². The van der Waals surface area contributed by atoms with Crippen molar-refractivity contribution in [3.63, 3.8) is 0 Å². The molecule has 1 N–H and O–H groups in total. The number of aliphatic hydroxyl groups is 1. The number of para-hydroxylation sites is 1. The SMILES string of the molecule is Cc1ccccc1OCC(O)C(=O)N(C)CCc1ccccn1. The Morgan fingerprint density at radius 3 is 2.70 bits per heavy atom. The molecule has 0 aliphatic carbocycles. The van der Waals surface area contributed by atoms with Gasteiger partial charge < -0.3 is 14.7 Å². The molecular weight excluding hydrogens is 292 g/mol. The molecule has 1 aromatic heterocycles. The Morgan fingerprint density at radius 2 is 2.00 bits per heavy atom. The van der Waals surface area contributed by atoms with Gasteiger partial charge in [-0.25, -0.2) is 0 Å². The van der Waals surface area contributed by atoms with Crippen molar-refractivity contribution in [3.8, 4) is 5.75 Å². The minimum absolute atomic E-state index is 0.0579. The lowest BCUT2D eigenvalue weighted by Crippen LogP contribution is -2.40. The van der Waals surface area contributed by atoms with Gasteiger partial charge in [-0.15, -0.1) is 0 Å². The molecule has 1 atom stereocenters. The third-order valence-corrected chi connectivity index (χ3v) is 3.58. The monoisotopic (exact) mass is 314 g/mol. The van der Waals surface area contributed by atoms with E-state index in [0.29, 0.717) is 18.7 Å². The number of carbonyl (C=O) groups excluding carboxylic acids is 1. The van der Waals surface area contributed by atoms with Gasteiger partial charge in [-0.3, -0.25) is 9.78 Å². The fraction of sp³-hybridized carbons (Fsp3) is 0.333. The van der Waals surface area contributed by atoms with Crippen LogP contribution in [0.2, 0.25) is 0 Å². The molecule has 0 aliphatic heterocycles. The third kappa shape index (κ3) is 5.07. The van der Waals surface area contributed by atoms with Gasteiger partial charge in [0.2, 0.25) is 0 Å². The van der Waals surface area contributed by atoms with Crippen molar-refractivity contribution in [2.45, 2.75) is 19.4 Å². The topological polar surface area (TPSA) is 62.7 Å². The summed E-state index contributed by atoms with van der Waals surface area (Å²) in [6.07, 6.45) is 1.19. The second-order valence-corrected chi connectivity index (χ2v) is 5.42. The van der Waals surface area contributed by atoms with Crippen molar-refractivity contribution < 1.29 is 14.6 Å². The summed E-state index contributed by atoms with van der Waals surface area (Å²) in [5, 5.41) is 10.0. The Balaban J connectivity index is 1.80. The molecule has 0 bridgehead atoms. The number of benzene rings is 1. The number of ether oxygens (including phenoxy) is 1. The van der Waals surface area contributed by atoms with Crippen LogP contribution in [0, 0.1) is 6.92 Å². The number of hydrogen-bond donors (Lipinski definition) is 1. The van der Waals surface area contributed by atoms with E-state index in [0.717, 1.165) is 11.3 Å². The van der Waals surface area contributed by atoms with Crippen LogP contribution in [0.5, 0.6) is 5.75 Å². The first-order valence-corrected chi connectivity index (χ1v) is 7.59. The van der Waals surface area contributed by atoms with E-state index < -0.39 is 6.10 Å². The molecule has 5 heteroatoms. The number of aryl methyl sites for hydroxylation is 1. The quantitative estimate of drug-likeness (QED) is 0.847. The first-order valence-electron chi connectivity index (χ1n) is 7.59. The molecule has 2 rings (SSSR count). The fourth-order valence-electron chi connectivity index (χ4n) is 2.15. The van der Waals surface area contributed by atoms with Crippen molar-refractivity contribution in [3.05, 3.63) is 59.9 Å². The van der Waals surface area contributed by atoms with Crippen LogP contribution in [0.15, 0.2) is 48.7 Å². The lowest BCUT2D eigenvalue weighted by Gasteiger charge is -2.21. The van der Waals surface area contributed by atoms with E-state index in [4.69, 9.17) is 4.74 Å². The predicted octanol–water partition coefficient (Wildman–Crippen LogP) is 1.83. The summed E-state index contributed by atoms with van der Waals surface area (Å²) in [6, 6.07) is 13.2. The normalized spacial score (nSPS) is 11.8. The zero-order chi connectivity index (χ0) is 16.7. The van der Waals surface area contributed by atoms with E-state index in [9.17, 15) is 9.90 Å². The molecule has 0 radical (unpaired) electrons. The molecule has 1 aromatic carbocycles. The van der Waals surface area contributed by atoms with Crippen molar-refractivity contribution >= 4 is 5.91 Å². The maximum Gasteiger partial charge on any atom is 0.254 e. The lowest BCUT2D eigenvalue weighted by molar-refractivity contribution is -0.140. The molecule has 0 saturated heterocycles. The van der Waals surface area contributed by atoms with Crippen LogP contribution in [0.3, 0.4) is 0 Å². The van der Waals surface area contributed by atoms with E-state index in [1.807, 2.05) is 49.4 Å². The molecule has 1 unspecified atom stereocenters. The van der Waals surface area contributed by atoms with Crippen LogP contribution in [-0.2, 0) is 11.2 Å². The summed E-state index contributed by atoms with van der Waals surface area (Å²) in [7, 11) is 1.67. The van der Waals surface area contributed by atoms with E-state index in [1.165, 1.54) is 4.90 Å². The average Bonchev–Trinajstić information content (AvgIpc) is 2.59. The average molecular weight is 314 g/mol. The first kappa shape index (κ1) is 17.0. The third-order valence-electron chi connectivity index (χ3n) is 3.58. The smallest absolute Gasteiger partial charge is 0.254 e. The van der Waals surface area contributed by atoms with Crippen LogP contribution < -0.4 is 4.74 Å². The molecule has 23 heavy (non-hydrogen) atoms. The maximum absolute atomic E-state index is 12.1. The Labute approximate surface area is 136 Å². The number of nitrogens with zero attached hydrogens (tertiary/aromatic N) is 2. The number of likely N-dealkylation sites (N-methyl/N-ethyl adjacent to an activating group) is 1. The van der Waals surface area contributed by atoms with E-state index in [2.05, 4.69) is 4.98 Å². The first-order chi connectivity index (χ1) is 11.1. The Hall–Kier alpha value is -2.40. The minimum atomic E-state index is -1.18. The van der Waals surface area contributed by atoms with Crippen molar-refractivity contribution in [1.82, 2.24) is 9.88 Å². The molecule has 5 nitrogen and oxygen atoms in total. The van der Waals surface area contributed by atoms with Crippen molar-refractivity contribution in [2.75, 3.05) is 20.2 Å². The second kappa shape index (κ2) is 8.29. The summed E-state index contributed by atoms with van der Waals surface area (Å²) >= 11 is 0. The Morgan fingerprint density at radius 1 is 1.26 bits per heavy atom. The molecule has 0 fully saturated rings. The van der Waals surface area contributed by atoms with Gasteiger partial charge in [0.1, 0.15) is 12.4 Å². The molecule has 2 aromatic rings. The van der Waals surface area contributed by atoms with Crippen LogP contribution in [0.25, 0.3) is 0 Å². The number of rotatable bonds is 7. The van der Waals surface area contributed by atoms with Crippen LogP contribution >= 0.6 is 0 Å². The van der Waals surface area contributed by atoms with Crippen molar-refractivity contribution in [2.24, 2.45) is 0 Å². The fourth-order valence-corrected chi connectivity index (χ4v) is 2.15. The number of amides is 1. The van der Waals surface area contributed by atoms with Gasteiger partial charge in [0.25, 0.3) is 5.91 Å². The summed E-state index contributed by atoms with van der Waals surface area (Å²) < 4.78 is 5.52. The number of aliphatic hydroxyl groups excluding tert-OH is 1. The largest absolute Gasteiger partial charge is 0.490 e. The predicted molar refractivity (Wildman–Crippen MR) is 88.3 cm³/mol. The second-order valence-electron chi connectivity index (χ2n) is 5.42. The molecule has 1 heterocycles. The van der Waals surface area contributed by atoms with Crippen LogP contribution in [-0.4, -0.2) is 47.2 Å². The molecule has 122 valence electrons. The maximum atomic E-state index is 12.1. The van der Waals surface area contributed by atoms with E-state index in [1.54, 1.807) is 13.2 Å². The molecule has 0 spiro atoms. The van der Waals surface area contributed by atoms with Crippen LogP contribution in [0.1, 0.15) is 11.3 Å². The van der Waals surface area contributed by atoms with Crippen LogP contribution in [0.4, 0.5) is 0 Å². The molecule has 1 amide bonds. The number of carbonyl (C=O) groups is 1. The Kier molecular flexibility index (Phi) is 6.11. The number of pyridine rings is 1. The zero-order valence-electron chi connectivity index (χ0n) is 13.5. The molecular formula is C18H22N2O3. The van der Waals surface area contributed by atoms with Crippen molar-refractivity contribution in [1.29, 1.82) is 0 Å². The molecule has 0 aliphatic rings. The van der Waals surface area contributed by atoms with Gasteiger partial charge in [0.15, 0.2) is 6.10 Å². The van der Waals surface area contributed by atoms with Gasteiger partial charge in [-0.05, 0) is 30.7 Å². The standard InChI is InChI=1S/C18H22N2O3/c1-14-7-3-4-9-17(14)23-13-16(21)18(22)20(2)12-10-15-8-5-6-11-19-15/h3-9,11,16,21H,10,12-13H2,1-2H3. The highest BCUT2D eigenvalue weighted by Crippen LogP contribution is 2.16. The van der Waals surface area contributed by atoms with Gasteiger partial charge in [0, 0.05) is 31.9 Å². The minimum Gasteiger partial charge on any atom is -0.490 e. The van der Waals surface area contributed by atoms with Gasteiger partial charge in [-0.1, -0.05) is 24.3 Å². The van der Waals surface area contributed by atoms with Gasteiger partial charge >= 0.3 is 0 Å². The summed E-state index contributed by atoms with van der Waals surface area (Å²) in [5.74, 6) is 0.324. The highest BCUT2D eigenvalue weighted by atomic mass is 16.5. The Bertz CT molecular complexity index is 631. The lowest BCUT2D eigenvalue weighted by atomic mass is 10.2.